The highest BCUT2D eigenvalue weighted by Gasteiger charge is 2.11. The summed E-state index contributed by atoms with van der Waals surface area (Å²) in [5, 5.41) is 0. The van der Waals surface area contributed by atoms with Gasteiger partial charge in [-0.2, -0.15) is 0 Å². The van der Waals surface area contributed by atoms with E-state index in [9.17, 15) is 0 Å². The molecule has 1 nitrogen and oxygen atoms in total. The number of aliphatic imine (C=N–C) groups is 1. The minimum absolute atomic E-state index is 0.771. The summed E-state index contributed by atoms with van der Waals surface area (Å²) < 4.78 is 0. The molecule has 0 saturated carbocycles. The molecular formula is C12H15N. The van der Waals surface area contributed by atoms with Crippen molar-refractivity contribution < 1.29 is 0 Å². The van der Waals surface area contributed by atoms with Crippen molar-refractivity contribution >= 4 is 5.71 Å². The third kappa shape index (κ3) is 1.97. The van der Waals surface area contributed by atoms with Gasteiger partial charge in [0.05, 0.1) is 0 Å². The normalized spacial score (nSPS) is 22.5. The number of benzene rings is 1. The van der Waals surface area contributed by atoms with Crippen LogP contribution in [0.15, 0.2) is 35.3 Å². The van der Waals surface area contributed by atoms with Gasteiger partial charge in [-0.05, 0) is 24.3 Å². The van der Waals surface area contributed by atoms with Gasteiger partial charge in [0.25, 0.3) is 0 Å². The number of hydrogen-bond acceptors (Lipinski definition) is 1. The van der Waals surface area contributed by atoms with Crippen LogP contribution in [0.25, 0.3) is 0 Å². The van der Waals surface area contributed by atoms with Gasteiger partial charge in [-0.1, -0.05) is 37.3 Å². The first-order valence-corrected chi connectivity index (χ1v) is 4.95. The largest absolute Gasteiger partial charge is 0.289 e. The van der Waals surface area contributed by atoms with Crippen molar-refractivity contribution in [2.24, 2.45) is 10.9 Å². The second-order valence-corrected chi connectivity index (χ2v) is 3.80. The molecule has 13 heavy (non-hydrogen) atoms. The lowest BCUT2D eigenvalue weighted by Gasteiger charge is -2.17. The Labute approximate surface area is 79.5 Å². The molecular weight excluding hydrogens is 158 g/mol. The summed E-state index contributed by atoms with van der Waals surface area (Å²) in [6.07, 6.45) is 2.43. The van der Waals surface area contributed by atoms with Crippen molar-refractivity contribution in [2.75, 3.05) is 6.54 Å². The van der Waals surface area contributed by atoms with Crippen LogP contribution in [-0.4, -0.2) is 12.3 Å². The number of hydrogen-bond donors (Lipinski definition) is 0. The maximum atomic E-state index is 4.60. The van der Waals surface area contributed by atoms with Gasteiger partial charge in [0.2, 0.25) is 0 Å². The van der Waals surface area contributed by atoms with Crippen LogP contribution in [0.5, 0.6) is 0 Å². The molecule has 1 aliphatic heterocycles. The van der Waals surface area contributed by atoms with E-state index in [1.807, 2.05) is 0 Å². The Morgan fingerprint density at radius 2 is 2.00 bits per heavy atom. The molecule has 0 fully saturated rings. The minimum atomic E-state index is 0.771. The quantitative estimate of drug-likeness (QED) is 0.619. The van der Waals surface area contributed by atoms with Gasteiger partial charge in [0.15, 0.2) is 0 Å². The first-order chi connectivity index (χ1) is 6.36. The SMILES string of the molecule is CC1CCC(c2ccccc2)=NC1. The van der Waals surface area contributed by atoms with Gasteiger partial charge >= 0.3 is 0 Å². The Kier molecular flexibility index (Phi) is 2.44. The fourth-order valence-electron chi connectivity index (χ4n) is 1.69. The number of nitrogens with zero attached hydrogens (tertiary/aromatic N) is 1. The van der Waals surface area contributed by atoms with E-state index in [0.717, 1.165) is 18.9 Å². The van der Waals surface area contributed by atoms with Crippen molar-refractivity contribution in [3.63, 3.8) is 0 Å². The molecule has 0 aromatic heterocycles. The van der Waals surface area contributed by atoms with E-state index >= 15 is 0 Å². The molecule has 1 unspecified atom stereocenters. The molecule has 1 atom stereocenters. The topological polar surface area (TPSA) is 12.4 Å². The fourth-order valence-corrected chi connectivity index (χ4v) is 1.69. The Morgan fingerprint density at radius 3 is 2.62 bits per heavy atom. The molecule has 1 aliphatic rings. The molecule has 2 rings (SSSR count). The summed E-state index contributed by atoms with van der Waals surface area (Å²) in [6.45, 7) is 3.27. The monoisotopic (exact) mass is 173 g/mol. The summed E-state index contributed by atoms with van der Waals surface area (Å²) in [7, 11) is 0. The van der Waals surface area contributed by atoms with Crippen LogP contribution in [0.1, 0.15) is 25.3 Å². The molecule has 1 heteroatoms. The Hall–Kier alpha value is -1.11. The van der Waals surface area contributed by atoms with Crippen molar-refractivity contribution in [1.29, 1.82) is 0 Å². The van der Waals surface area contributed by atoms with Gasteiger partial charge < -0.3 is 0 Å². The smallest absolute Gasteiger partial charge is 0.0420 e. The predicted molar refractivity (Wildman–Crippen MR) is 56.2 cm³/mol. The maximum absolute atomic E-state index is 4.60. The molecule has 68 valence electrons. The van der Waals surface area contributed by atoms with E-state index in [1.165, 1.54) is 17.7 Å². The van der Waals surface area contributed by atoms with E-state index in [-0.39, 0.29) is 0 Å². The molecule has 0 N–H and O–H groups in total. The Bertz CT molecular complexity index is 300. The lowest BCUT2D eigenvalue weighted by atomic mass is 9.96. The van der Waals surface area contributed by atoms with Crippen LogP contribution in [0.2, 0.25) is 0 Å². The molecule has 0 spiro atoms. The van der Waals surface area contributed by atoms with Gasteiger partial charge in [-0.15, -0.1) is 0 Å². The van der Waals surface area contributed by atoms with Gasteiger partial charge in [-0.25, -0.2) is 0 Å². The third-order valence-electron chi connectivity index (χ3n) is 2.57. The molecule has 0 radical (unpaired) electrons. The van der Waals surface area contributed by atoms with E-state index in [1.54, 1.807) is 0 Å². The molecule has 1 aromatic rings. The van der Waals surface area contributed by atoms with Crippen molar-refractivity contribution in [3.05, 3.63) is 35.9 Å². The van der Waals surface area contributed by atoms with Crippen LogP contribution < -0.4 is 0 Å². The molecule has 0 aliphatic carbocycles. The van der Waals surface area contributed by atoms with Crippen LogP contribution in [-0.2, 0) is 0 Å². The van der Waals surface area contributed by atoms with E-state index < -0.39 is 0 Å². The average molecular weight is 173 g/mol. The van der Waals surface area contributed by atoms with Gasteiger partial charge in [-0.3, -0.25) is 4.99 Å². The first kappa shape index (κ1) is 8.49. The lowest BCUT2D eigenvalue weighted by molar-refractivity contribution is 0.538. The summed E-state index contributed by atoms with van der Waals surface area (Å²) in [4.78, 5) is 4.60. The summed E-state index contributed by atoms with van der Waals surface area (Å²) >= 11 is 0. The molecule has 1 heterocycles. The van der Waals surface area contributed by atoms with Gasteiger partial charge in [0.1, 0.15) is 0 Å². The van der Waals surface area contributed by atoms with Crippen LogP contribution in [0, 0.1) is 5.92 Å². The summed E-state index contributed by atoms with van der Waals surface area (Å²) in [6, 6.07) is 10.5. The van der Waals surface area contributed by atoms with E-state index in [2.05, 4.69) is 42.2 Å². The van der Waals surface area contributed by atoms with Crippen molar-refractivity contribution in [1.82, 2.24) is 0 Å². The molecule has 0 saturated heterocycles. The fraction of sp³-hybridized carbons (Fsp3) is 0.417. The summed E-state index contributed by atoms with van der Waals surface area (Å²) in [5.74, 6) is 0.771. The Balaban J connectivity index is 2.19. The maximum Gasteiger partial charge on any atom is 0.0420 e. The zero-order valence-corrected chi connectivity index (χ0v) is 8.03. The zero-order chi connectivity index (χ0) is 9.10. The first-order valence-electron chi connectivity index (χ1n) is 4.95. The van der Waals surface area contributed by atoms with E-state index in [4.69, 9.17) is 0 Å². The zero-order valence-electron chi connectivity index (χ0n) is 8.03. The predicted octanol–water partition coefficient (Wildman–Crippen LogP) is 2.91. The van der Waals surface area contributed by atoms with Crippen LogP contribution >= 0.6 is 0 Å². The highest BCUT2D eigenvalue weighted by atomic mass is 14.8. The third-order valence-corrected chi connectivity index (χ3v) is 2.57. The number of rotatable bonds is 1. The molecule has 0 amide bonds. The van der Waals surface area contributed by atoms with E-state index in [0.29, 0.717) is 0 Å². The highest BCUT2D eigenvalue weighted by Crippen LogP contribution is 2.17. The average Bonchev–Trinajstić information content (AvgIpc) is 2.20. The second-order valence-electron chi connectivity index (χ2n) is 3.80. The summed E-state index contributed by atoms with van der Waals surface area (Å²) in [5.41, 5.74) is 2.59. The molecule has 1 aromatic carbocycles. The van der Waals surface area contributed by atoms with Crippen LogP contribution in [0.4, 0.5) is 0 Å². The van der Waals surface area contributed by atoms with Crippen LogP contribution in [0.3, 0.4) is 0 Å². The lowest BCUT2D eigenvalue weighted by Crippen LogP contribution is -2.13. The Morgan fingerprint density at radius 1 is 1.23 bits per heavy atom. The molecule has 0 bridgehead atoms. The minimum Gasteiger partial charge on any atom is -0.289 e. The van der Waals surface area contributed by atoms with Gasteiger partial charge in [0, 0.05) is 12.3 Å². The highest BCUT2D eigenvalue weighted by molar-refractivity contribution is 6.00. The van der Waals surface area contributed by atoms with Crippen molar-refractivity contribution in [2.45, 2.75) is 19.8 Å². The second kappa shape index (κ2) is 3.73. The standard InChI is InChI=1S/C12H15N/c1-10-7-8-12(13-9-10)11-5-3-2-4-6-11/h2-6,10H,7-9H2,1H3. The van der Waals surface area contributed by atoms with Crippen molar-refractivity contribution in [3.8, 4) is 0 Å².